The SMILES string of the molecule is COc1cc(/C=C/c2cc(O)ccc2O)cc(OC)c1O. The second-order valence-corrected chi connectivity index (χ2v) is 4.35. The summed E-state index contributed by atoms with van der Waals surface area (Å²) in [5.41, 5.74) is 1.19. The molecule has 0 atom stereocenters. The molecule has 0 amide bonds. The fraction of sp³-hybridized carbons (Fsp3) is 0.125. The third-order valence-corrected chi connectivity index (χ3v) is 2.97. The number of phenols is 3. The van der Waals surface area contributed by atoms with Gasteiger partial charge in [0.25, 0.3) is 0 Å². The molecule has 0 spiro atoms. The van der Waals surface area contributed by atoms with E-state index >= 15 is 0 Å². The van der Waals surface area contributed by atoms with Crippen LogP contribution in [0.2, 0.25) is 0 Å². The lowest BCUT2D eigenvalue weighted by atomic mass is 10.1. The first-order valence-electron chi connectivity index (χ1n) is 6.20. The molecule has 2 rings (SSSR count). The van der Waals surface area contributed by atoms with Crippen LogP contribution < -0.4 is 9.47 Å². The number of benzene rings is 2. The maximum absolute atomic E-state index is 9.83. The molecule has 0 bridgehead atoms. The molecule has 110 valence electrons. The summed E-state index contributed by atoms with van der Waals surface area (Å²) in [6.07, 6.45) is 3.35. The fourth-order valence-corrected chi connectivity index (χ4v) is 1.87. The molecule has 3 N–H and O–H groups in total. The third kappa shape index (κ3) is 3.20. The average Bonchev–Trinajstić information content (AvgIpc) is 2.49. The van der Waals surface area contributed by atoms with Crippen LogP contribution in [0, 0.1) is 0 Å². The van der Waals surface area contributed by atoms with Gasteiger partial charge in [-0.15, -0.1) is 0 Å². The third-order valence-electron chi connectivity index (χ3n) is 2.97. The summed E-state index contributed by atoms with van der Waals surface area (Å²) in [5.74, 6) is 0.621. The minimum atomic E-state index is -0.0719. The predicted octanol–water partition coefficient (Wildman–Crippen LogP) is 2.99. The van der Waals surface area contributed by atoms with Gasteiger partial charge in [0.1, 0.15) is 11.5 Å². The van der Waals surface area contributed by atoms with E-state index in [0.717, 1.165) is 0 Å². The van der Waals surface area contributed by atoms with E-state index < -0.39 is 0 Å². The second kappa shape index (κ2) is 6.09. The van der Waals surface area contributed by atoms with Crippen LogP contribution in [-0.2, 0) is 0 Å². The Bertz CT molecular complexity index is 651. The quantitative estimate of drug-likeness (QED) is 0.595. The molecule has 0 aliphatic heterocycles. The van der Waals surface area contributed by atoms with E-state index in [0.29, 0.717) is 11.1 Å². The highest BCUT2D eigenvalue weighted by molar-refractivity contribution is 5.75. The van der Waals surface area contributed by atoms with E-state index in [1.807, 2.05) is 0 Å². The van der Waals surface area contributed by atoms with Crippen molar-refractivity contribution in [1.82, 2.24) is 0 Å². The zero-order chi connectivity index (χ0) is 15.4. The second-order valence-electron chi connectivity index (χ2n) is 4.35. The van der Waals surface area contributed by atoms with Gasteiger partial charge < -0.3 is 24.8 Å². The molecule has 0 saturated heterocycles. The molecule has 0 aromatic heterocycles. The summed E-state index contributed by atoms with van der Waals surface area (Å²) in [7, 11) is 2.89. The van der Waals surface area contributed by atoms with Crippen molar-refractivity contribution in [2.45, 2.75) is 0 Å². The van der Waals surface area contributed by atoms with Crippen LogP contribution in [-0.4, -0.2) is 29.5 Å². The number of phenolic OH excluding ortho intramolecular Hbond substituents is 3. The van der Waals surface area contributed by atoms with Crippen molar-refractivity contribution >= 4 is 12.2 Å². The number of ether oxygens (including phenoxy) is 2. The molecule has 0 heterocycles. The van der Waals surface area contributed by atoms with Crippen molar-refractivity contribution in [2.24, 2.45) is 0 Å². The van der Waals surface area contributed by atoms with Gasteiger partial charge in [0.05, 0.1) is 14.2 Å². The largest absolute Gasteiger partial charge is 0.508 e. The van der Waals surface area contributed by atoms with Crippen molar-refractivity contribution < 1.29 is 24.8 Å². The van der Waals surface area contributed by atoms with Crippen LogP contribution in [0.4, 0.5) is 0 Å². The number of methoxy groups -OCH3 is 2. The fourth-order valence-electron chi connectivity index (χ4n) is 1.87. The molecule has 0 radical (unpaired) electrons. The molecule has 5 heteroatoms. The monoisotopic (exact) mass is 288 g/mol. The Morgan fingerprint density at radius 1 is 0.857 bits per heavy atom. The Morgan fingerprint density at radius 3 is 2.05 bits per heavy atom. The van der Waals surface area contributed by atoms with Crippen molar-refractivity contribution in [3.8, 4) is 28.7 Å². The lowest BCUT2D eigenvalue weighted by Crippen LogP contribution is -1.90. The summed E-state index contributed by atoms with van der Waals surface area (Å²) in [6.45, 7) is 0. The number of rotatable bonds is 4. The number of hydrogen-bond donors (Lipinski definition) is 3. The molecule has 0 aliphatic rings. The lowest BCUT2D eigenvalue weighted by molar-refractivity contribution is 0.340. The van der Waals surface area contributed by atoms with E-state index in [-0.39, 0.29) is 28.7 Å². The molecule has 21 heavy (non-hydrogen) atoms. The zero-order valence-corrected chi connectivity index (χ0v) is 11.7. The van der Waals surface area contributed by atoms with E-state index in [2.05, 4.69) is 0 Å². The van der Waals surface area contributed by atoms with Gasteiger partial charge in [-0.3, -0.25) is 0 Å². The van der Waals surface area contributed by atoms with Crippen LogP contribution in [0.3, 0.4) is 0 Å². The molecule has 0 fully saturated rings. The molecule has 0 unspecified atom stereocenters. The van der Waals surface area contributed by atoms with Crippen LogP contribution in [0.1, 0.15) is 11.1 Å². The summed E-state index contributed by atoms with van der Waals surface area (Å²) in [6, 6.07) is 7.52. The predicted molar refractivity (Wildman–Crippen MR) is 79.9 cm³/mol. The number of hydrogen-bond acceptors (Lipinski definition) is 5. The van der Waals surface area contributed by atoms with Crippen LogP contribution >= 0.6 is 0 Å². The Kier molecular flexibility index (Phi) is 4.23. The van der Waals surface area contributed by atoms with Gasteiger partial charge in [-0.2, -0.15) is 0 Å². The van der Waals surface area contributed by atoms with Crippen LogP contribution in [0.15, 0.2) is 30.3 Å². The first-order chi connectivity index (χ1) is 10.0. The smallest absolute Gasteiger partial charge is 0.200 e. The maximum atomic E-state index is 9.83. The van der Waals surface area contributed by atoms with Crippen molar-refractivity contribution in [1.29, 1.82) is 0 Å². The summed E-state index contributed by atoms with van der Waals surface area (Å²) < 4.78 is 10.1. The molecular weight excluding hydrogens is 272 g/mol. The molecule has 2 aromatic rings. The standard InChI is InChI=1S/C16H16O5/c1-20-14-7-10(8-15(21-2)16(14)19)3-4-11-9-12(17)5-6-13(11)18/h3-9,17-19H,1-2H3/b4-3+. The molecule has 0 saturated carbocycles. The van der Waals surface area contributed by atoms with Gasteiger partial charge in [-0.1, -0.05) is 12.2 Å². The van der Waals surface area contributed by atoms with Gasteiger partial charge in [0.15, 0.2) is 11.5 Å². The molecule has 5 nitrogen and oxygen atoms in total. The van der Waals surface area contributed by atoms with Crippen molar-refractivity contribution in [3.05, 3.63) is 41.5 Å². The summed E-state index contributed by atoms with van der Waals surface area (Å²) in [4.78, 5) is 0. The molecule has 0 aliphatic carbocycles. The maximum Gasteiger partial charge on any atom is 0.200 e. The van der Waals surface area contributed by atoms with Crippen LogP contribution in [0.25, 0.3) is 12.2 Å². The highest BCUT2D eigenvalue weighted by atomic mass is 16.5. The Balaban J connectivity index is 2.39. The van der Waals surface area contributed by atoms with Crippen molar-refractivity contribution in [3.63, 3.8) is 0 Å². The Labute approximate surface area is 122 Å². The van der Waals surface area contributed by atoms with Gasteiger partial charge in [0, 0.05) is 5.56 Å². The van der Waals surface area contributed by atoms with E-state index in [1.165, 1.54) is 32.4 Å². The van der Waals surface area contributed by atoms with Gasteiger partial charge in [-0.05, 0) is 35.9 Å². The number of aromatic hydroxyl groups is 3. The summed E-state index contributed by atoms with van der Waals surface area (Å²) >= 11 is 0. The normalized spacial score (nSPS) is 10.8. The van der Waals surface area contributed by atoms with E-state index in [4.69, 9.17) is 9.47 Å². The first-order valence-corrected chi connectivity index (χ1v) is 6.20. The molecular formula is C16H16O5. The summed E-state index contributed by atoms with van der Waals surface area (Å²) in [5, 5.41) is 29.0. The van der Waals surface area contributed by atoms with Crippen LogP contribution in [0.5, 0.6) is 28.7 Å². The highest BCUT2D eigenvalue weighted by Gasteiger charge is 2.10. The zero-order valence-electron chi connectivity index (χ0n) is 11.7. The van der Waals surface area contributed by atoms with E-state index in [1.54, 1.807) is 24.3 Å². The van der Waals surface area contributed by atoms with Gasteiger partial charge >= 0.3 is 0 Å². The molecule has 2 aromatic carbocycles. The topological polar surface area (TPSA) is 79.2 Å². The minimum Gasteiger partial charge on any atom is -0.508 e. The first kappa shape index (κ1) is 14.6. The van der Waals surface area contributed by atoms with Gasteiger partial charge in [-0.25, -0.2) is 0 Å². The van der Waals surface area contributed by atoms with E-state index in [9.17, 15) is 15.3 Å². The minimum absolute atomic E-state index is 0.0572. The Morgan fingerprint density at radius 2 is 1.48 bits per heavy atom. The van der Waals surface area contributed by atoms with Gasteiger partial charge in [0.2, 0.25) is 5.75 Å². The average molecular weight is 288 g/mol. The Hall–Kier alpha value is -2.82. The highest BCUT2D eigenvalue weighted by Crippen LogP contribution is 2.37. The van der Waals surface area contributed by atoms with Crippen molar-refractivity contribution in [2.75, 3.05) is 14.2 Å². The lowest BCUT2D eigenvalue weighted by Gasteiger charge is -2.09.